The van der Waals surface area contributed by atoms with Crippen LogP contribution in [-0.2, 0) is 46.4 Å². The zero-order chi connectivity index (χ0) is 67.4. The van der Waals surface area contributed by atoms with Crippen LogP contribution in [0.15, 0.2) is 151 Å². The van der Waals surface area contributed by atoms with Gasteiger partial charge in [-0.25, -0.2) is 0 Å². The Morgan fingerprint density at radius 1 is 0.737 bits per heavy atom. The molecule has 3 aliphatic heterocycles. The van der Waals surface area contributed by atoms with Crippen molar-refractivity contribution in [1.29, 1.82) is 0 Å². The molecule has 0 spiro atoms. The highest BCUT2D eigenvalue weighted by Crippen LogP contribution is 2.35. The molecule has 7 amide bonds. The number of halogens is 2. The number of aromatic hydroxyl groups is 1. The predicted molar refractivity (Wildman–Crippen MR) is 357 cm³/mol. The summed E-state index contributed by atoms with van der Waals surface area (Å²) in [5.41, 5.74) is 10.7. The number of fused-ring (bicyclic) bond motifs is 2. The van der Waals surface area contributed by atoms with E-state index in [0.29, 0.717) is 72.1 Å². The minimum absolute atomic E-state index is 0.000709. The van der Waals surface area contributed by atoms with Crippen molar-refractivity contribution in [3.05, 3.63) is 189 Å². The molecule has 0 bridgehead atoms. The summed E-state index contributed by atoms with van der Waals surface area (Å²) in [6.07, 6.45) is 9.78. The van der Waals surface area contributed by atoms with Crippen LogP contribution in [0.5, 0.6) is 17.2 Å². The number of carbonyl (C=O) groups is 7. The number of carbonyl (C=O) groups excluding carboxylic acids is 7. The Hall–Kier alpha value is -9.76. The number of likely N-dealkylation sites (tertiary alicyclic amines) is 1. The molecule has 4 aromatic carbocycles. The second kappa shape index (κ2) is 33.4. The van der Waals surface area contributed by atoms with E-state index >= 15 is 8.63 Å². The topological polar surface area (TPSA) is 308 Å². The number of thiophene rings is 1. The van der Waals surface area contributed by atoms with Gasteiger partial charge in [0, 0.05) is 88.0 Å². The van der Waals surface area contributed by atoms with Crippen molar-refractivity contribution in [3.63, 3.8) is 0 Å². The molecule has 95 heavy (non-hydrogen) atoms. The number of ether oxygens (including phenoxy) is 2. The van der Waals surface area contributed by atoms with Crippen LogP contribution in [-0.4, -0.2) is 166 Å². The molecule has 6 aromatic rings. The van der Waals surface area contributed by atoms with Gasteiger partial charge < -0.3 is 84.9 Å². The molecule has 0 aliphatic carbocycles. The van der Waals surface area contributed by atoms with Gasteiger partial charge in [-0.05, 0) is 121 Å². The second-order valence-electron chi connectivity index (χ2n) is 23.5. The summed E-state index contributed by atoms with van der Waals surface area (Å²) < 4.78 is 46.7. The van der Waals surface area contributed by atoms with Crippen molar-refractivity contribution in [1.82, 2.24) is 41.3 Å². The lowest BCUT2D eigenvalue weighted by Crippen LogP contribution is -2.60. The molecule has 5 atom stereocenters. The Morgan fingerprint density at radius 3 is 2.18 bits per heavy atom. The Balaban J connectivity index is 0.667. The average molecular weight is 1320 g/mol. The lowest BCUT2D eigenvalue weighted by Gasteiger charge is -2.32. The number of aliphatic hydroxyl groups excluding tert-OH is 2. The van der Waals surface area contributed by atoms with Crippen LogP contribution in [0.3, 0.4) is 0 Å². The Labute approximate surface area is 553 Å². The van der Waals surface area contributed by atoms with Gasteiger partial charge in [-0.3, -0.25) is 33.6 Å². The number of amides is 7. The maximum Gasteiger partial charge on any atom is 0.737 e. The van der Waals surface area contributed by atoms with Crippen LogP contribution in [0.25, 0.3) is 18.2 Å². The van der Waals surface area contributed by atoms with Crippen molar-refractivity contribution in [2.75, 3.05) is 45.9 Å². The fourth-order valence-electron chi connectivity index (χ4n) is 11.4. The zero-order valence-corrected chi connectivity index (χ0v) is 53.4. The van der Waals surface area contributed by atoms with Crippen molar-refractivity contribution in [2.24, 2.45) is 5.73 Å². The molecule has 500 valence electrons. The molecule has 3 aliphatic rings. The summed E-state index contributed by atoms with van der Waals surface area (Å²) in [6.45, 7) is -2.45. The standard InChI is InChI=1S/C69H79BF2N10O12S/c1-45(84)65(79-63(87)33-38-80-36-31-55(32-37-80)94-60-14-6-5-12-49(60)40-47-10-3-2-4-11-47)69(92)78-58(43-83)68(91)77-57(41-48-17-25-53(85)26-18-48)67(90)75-35-30-62(86)76-56(66(73)89)13-7-8-34-74-64(88)44-93-54-27-19-46(20-28-54)16-21-50-22-23-51-42-52-24-29-59(61-15-9-39-95-61)82(52)70(71,72)81(50)51/h2-6,9-12,14-29,39,42,45,55-58,65,83-85H,7-8,13,30-38,40-41,43-44H2,1H3,(H2,73,89)(H,74,88)(H,75,90)(H,76,86)(H,77,91)(H,78,92)(H,79,87)/b21-16+/t45-,56+,57+,58+,65+/m1/s1. The number of aromatic nitrogens is 1. The summed E-state index contributed by atoms with van der Waals surface area (Å²) in [7, 11) is 0. The first kappa shape index (κ1) is 69.6. The van der Waals surface area contributed by atoms with Gasteiger partial charge in [0.05, 0.1) is 17.6 Å². The third kappa shape index (κ3) is 19.4. The third-order valence-electron chi connectivity index (χ3n) is 16.5. The number of unbranched alkanes of at least 4 members (excludes halogenated alkanes) is 1. The number of nitrogens with zero attached hydrogens (tertiary/aromatic N) is 3. The van der Waals surface area contributed by atoms with Crippen LogP contribution in [0.2, 0.25) is 0 Å². The molecule has 2 aromatic heterocycles. The molecular weight excluding hydrogens is 1240 g/mol. The van der Waals surface area contributed by atoms with Gasteiger partial charge in [-0.2, -0.15) is 0 Å². The first-order valence-corrected chi connectivity index (χ1v) is 32.5. The van der Waals surface area contributed by atoms with E-state index in [9.17, 15) is 48.9 Å². The minimum Gasteiger partial charge on any atom is -0.508 e. The third-order valence-corrected chi connectivity index (χ3v) is 17.4. The molecule has 1 fully saturated rings. The molecule has 22 nitrogen and oxygen atoms in total. The van der Waals surface area contributed by atoms with Crippen LogP contribution in [0.4, 0.5) is 8.63 Å². The second-order valence-corrected chi connectivity index (χ2v) is 24.5. The Kier molecular flexibility index (Phi) is 24.5. The van der Waals surface area contributed by atoms with E-state index in [4.69, 9.17) is 15.2 Å². The molecule has 0 saturated carbocycles. The Bertz CT molecular complexity index is 3780. The monoisotopic (exact) mass is 1320 g/mol. The van der Waals surface area contributed by atoms with E-state index in [2.05, 4.69) is 55.0 Å². The lowest BCUT2D eigenvalue weighted by atomic mass is 9.90. The van der Waals surface area contributed by atoms with E-state index in [1.54, 1.807) is 66.8 Å². The van der Waals surface area contributed by atoms with Gasteiger partial charge >= 0.3 is 6.97 Å². The van der Waals surface area contributed by atoms with Gasteiger partial charge in [0.2, 0.25) is 35.4 Å². The van der Waals surface area contributed by atoms with Gasteiger partial charge in [-0.1, -0.05) is 84.9 Å². The number of para-hydroxylation sites is 1. The molecular formula is C69H79BF2N10O12S. The number of piperidine rings is 1. The van der Waals surface area contributed by atoms with Gasteiger partial charge in [0.1, 0.15) is 47.5 Å². The highest BCUT2D eigenvalue weighted by Gasteiger charge is 2.52. The summed E-state index contributed by atoms with van der Waals surface area (Å²) in [4.78, 5) is 95.1. The number of phenolic OH excluding ortho intramolecular Hbond substituents is 1. The lowest BCUT2D eigenvalue weighted by molar-refractivity contribution is -0.360. The predicted octanol–water partition coefficient (Wildman–Crippen LogP) is 4.81. The fraction of sp³-hybridized carbons (Fsp3) is 0.333. The molecule has 1 saturated heterocycles. The average Bonchev–Trinajstić information content (AvgIpc) is 1.63. The van der Waals surface area contributed by atoms with Gasteiger partial charge in [-0.15, -0.1) is 11.3 Å². The maximum absolute atomic E-state index is 16.2. The molecule has 11 N–H and O–H groups in total. The summed E-state index contributed by atoms with van der Waals surface area (Å²) in [6, 6.07) is 32.1. The quantitative estimate of drug-likeness (QED) is 0.0196. The first-order valence-electron chi connectivity index (χ1n) is 31.7. The zero-order valence-electron chi connectivity index (χ0n) is 52.5. The van der Waals surface area contributed by atoms with Crippen molar-refractivity contribution in [2.45, 2.75) is 101 Å². The first-order chi connectivity index (χ1) is 45.8. The smallest absolute Gasteiger partial charge is 0.508 e. The number of phenols is 1. The molecule has 9 rings (SSSR count). The molecule has 5 heterocycles. The molecule has 0 radical (unpaired) electrons. The van der Waals surface area contributed by atoms with E-state index in [1.807, 2.05) is 53.9 Å². The van der Waals surface area contributed by atoms with E-state index < -0.39 is 85.2 Å². The Morgan fingerprint density at radius 2 is 1.46 bits per heavy atom. The van der Waals surface area contributed by atoms with E-state index in [-0.39, 0.29) is 57.2 Å². The highest BCUT2D eigenvalue weighted by molar-refractivity contribution is 7.12. The molecule has 0 unspecified atom stereocenters. The number of benzene rings is 4. The van der Waals surface area contributed by atoms with Crippen LogP contribution >= 0.6 is 11.3 Å². The number of allylic oxidation sites excluding steroid dienone is 2. The maximum atomic E-state index is 16.2. The summed E-state index contributed by atoms with van der Waals surface area (Å²) >= 11 is 1.40. The van der Waals surface area contributed by atoms with Gasteiger partial charge in [0.15, 0.2) is 18.0 Å². The largest absolute Gasteiger partial charge is 0.737 e. The number of hydrogen-bond donors (Lipinski definition) is 10. The SMILES string of the molecule is C[C@@H](O)[C@H](NC(=O)CCN1CCC(Oc2ccccc2Cc2ccccc2)CC1)C(=O)N[C@@H](CO)C(=O)N[C@@H](Cc1ccc(O)cc1)C(=O)NCCC(=O)N[C@@H](CCCCNC(=O)COc1ccc(/C=C/c2ccc3n2[B-](F)(F)[N+]2=C(c4cccs4)C=CC2=C3)cc1)C(N)=O. The fourth-order valence-corrected chi connectivity index (χ4v) is 12.1. The van der Waals surface area contributed by atoms with Crippen LogP contribution in [0, 0.1) is 0 Å². The number of aliphatic hydroxyl groups is 2. The number of primary amides is 1. The number of nitrogens with one attached hydrogen (secondary N) is 6. The van der Waals surface area contributed by atoms with Crippen LogP contribution < -0.4 is 47.1 Å². The minimum atomic E-state index is -4.19. The van der Waals surface area contributed by atoms with Crippen molar-refractivity contribution >= 4 is 83.6 Å². The van der Waals surface area contributed by atoms with E-state index in [1.165, 1.54) is 48.1 Å². The molecule has 26 heteroatoms. The number of rotatable bonds is 33. The highest BCUT2D eigenvalue weighted by atomic mass is 32.1. The van der Waals surface area contributed by atoms with Gasteiger partial charge in [0.25, 0.3) is 5.91 Å². The number of nitrogens with two attached hydrogens (primary N) is 1. The van der Waals surface area contributed by atoms with Crippen molar-refractivity contribution < 1.29 is 71.5 Å². The normalized spacial score (nSPS) is 15.9. The van der Waals surface area contributed by atoms with E-state index in [0.717, 1.165) is 44.4 Å². The van der Waals surface area contributed by atoms with Crippen LogP contribution in [0.1, 0.15) is 90.4 Å². The summed E-state index contributed by atoms with van der Waals surface area (Å²) in [5.74, 6) is -3.90. The number of hydrogen-bond acceptors (Lipinski definition) is 14. The van der Waals surface area contributed by atoms with Crippen molar-refractivity contribution in [3.8, 4) is 17.2 Å². The summed E-state index contributed by atoms with van der Waals surface area (Å²) in [5, 5.41) is 48.0.